The minimum absolute atomic E-state index is 0.204. The molecular formula is C17H15BrN4O2S. The first-order valence-corrected chi connectivity index (χ1v) is 10.1. The first-order chi connectivity index (χ1) is 12.0. The normalized spacial score (nSPS) is 13.6. The molecule has 2 heterocycles. The zero-order valence-electron chi connectivity index (χ0n) is 13.2. The molecule has 1 aliphatic heterocycles. The summed E-state index contributed by atoms with van der Waals surface area (Å²) >= 11 is 3.30. The second-order valence-electron chi connectivity index (χ2n) is 5.84. The summed E-state index contributed by atoms with van der Waals surface area (Å²) in [5.41, 5.74) is 1.34. The van der Waals surface area contributed by atoms with Gasteiger partial charge in [-0.25, -0.2) is 8.42 Å². The summed E-state index contributed by atoms with van der Waals surface area (Å²) in [7, 11) is -3.66. The van der Waals surface area contributed by atoms with Gasteiger partial charge in [0, 0.05) is 28.7 Å². The zero-order chi connectivity index (χ0) is 17.4. The number of nitrogens with one attached hydrogen (secondary N) is 1. The van der Waals surface area contributed by atoms with E-state index in [1.54, 1.807) is 36.4 Å². The number of aromatic nitrogens is 3. The molecule has 128 valence electrons. The molecule has 4 rings (SSSR count). The van der Waals surface area contributed by atoms with Gasteiger partial charge < -0.3 is 4.57 Å². The molecule has 0 bridgehead atoms. The van der Waals surface area contributed by atoms with Gasteiger partial charge in [-0.15, -0.1) is 10.2 Å². The lowest BCUT2D eigenvalue weighted by atomic mass is 10.2. The van der Waals surface area contributed by atoms with Gasteiger partial charge in [0.15, 0.2) is 5.82 Å². The maximum Gasteiger partial charge on any atom is 0.261 e. The molecule has 25 heavy (non-hydrogen) atoms. The summed E-state index contributed by atoms with van der Waals surface area (Å²) in [6.07, 6.45) is 2.00. The first kappa shape index (κ1) is 16.3. The molecule has 0 fully saturated rings. The van der Waals surface area contributed by atoms with Crippen LogP contribution < -0.4 is 4.72 Å². The van der Waals surface area contributed by atoms with E-state index in [-0.39, 0.29) is 4.90 Å². The van der Waals surface area contributed by atoms with Crippen molar-refractivity contribution in [2.24, 2.45) is 0 Å². The van der Waals surface area contributed by atoms with Crippen LogP contribution in [0.15, 0.2) is 57.9 Å². The molecule has 3 aromatic rings. The third-order valence-corrected chi connectivity index (χ3v) is 5.96. The van der Waals surface area contributed by atoms with Crippen molar-refractivity contribution in [2.75, 3.05) is 4.72 Å². The molecule has 0 saturated heterocycles. The van der Waals surface area contributed by atoms with E-state index in [1.807, 2.05) is 12.1 Å². The number of sulfonamides is 1. The Labute approximate surface area is 154 Å². The average Bonchev–Trinajstić information content (AvgIpc) is 3.18. The first-order valence-electron chi connectivity index (χ1n) is 7.84. The monoisotopic (exact) mass is 418 g/mol. The number of aryl methyl sites for hydroxylation is 1. The van der Waals surface area contributed by atoms with Crippen molar-refractivity contribution in [1.82, 2.24) is 14.8 Å². The second kappa shape index (κ2) is 6.27. The van der Waals surface area contributed by atoms with Gasteiger partial charge in [0.1, 0.15) is 5.82 Å². The van der Waals surface area contributed by atoms with Crippen LogP contribution in [0.1, 0.15) is 12.2 Å². The Bertz CT molecular complexity index is 1050. The van der Waals surface area contributed by atoms with Crippen molar-refractivity contribution in [1.29, 1.82) is 0 Å². The van der Waals surface area contributed by atoms with Gasteiger partial charge in [-0.05, 0) is 36.8 Å². The van der Waals surface area contributed by atoms with Crippen LogP contribution in [0, 0.1) is 0 Å². The van der Waals surface area contributed by atoms with E-state index in [0.717, 1.165) is 36.6 Å². The quantitative estimate of drug-likeness (QED) is 0.703. The van der Waals surface area contributed by atoms with Crippen molar-refractivity contribution < 1.29 is 8.42 Å². The lowest BCUT2D eigenvalue weighted by Gasteiger charge is -2.10. The molecular weight excluding hydrogens is 404 g/mol. The van der Waals surface area contributed by atoms with Crippen LogP contribution in [0.4, 0.5) is 5.69 Å². The van der Waals surface area contributed by atoms with Crippen LogP contribution in [0.2, 0.25) is 0 Å². The van der Waals surface area contributed by atoms with Crippen molar-refractivity contribution in [3.8, 4) is 11.4 Å². The minimum atomic E-state index is -3.66. The van der Waals surface area contributed by atoms with Crippen LogP contribution >= 0.6 is 15.9 Å². The number of halogens is 1. The third-order valence-electron chi connectivity index (χ3n) is 4.09. The lowest BCUT2D eigenvalue weighted by molar-refractivity contribution is 0.601. The van der Waals surface area contributed by atoms with Crippen molar-refractivity contribution in [2.45, 2.75) is 24.3 Å². The van der Waals surface area contributed by atoms with Gasteiger partial charge in [0.25, 0.3) is 10.0 Å². The zero-order valence-corrected chi connectivity index (χ0v) is 15.6. The van der Waals surface area contributed by atoms with E-state index >= 15 is 0 Å². The van der Waals surface area contributed by atoms with Crippen molar-refractivity contribution in [3.05, 3.63) is 58.8 Å². The fourth-order valence-electron chi connectivity index (χ4n) is 2.93. The van der Waals surface area contributed by atoms with E-state index in [4.69, 9.17) is 0 Å². The Morgan fingerprint density at radius 1 is 1.08 bits per heavy atom. The molecule has 0 radical (unpaired) electrons. The second-order valence-corrected chi connectivity index (χ2v) is 8.44. The standard InChI is InChI=1S/C17H15BrN4O2S/c18-13-5-2-7-15(11-13)25(23,24)21-14-6-1-4-12(10-14)17-20-19-16-8-3-9-22(16)17/h1-2,4-7,10-11,21H,3,8-9H2. The molecule has 0 unspecified atom stereocenters. The van der Waals surface area contributed by atoms with Gasteiger partial charge >= 0.3 is 0 Å². The molecule has 1 N–H and O–H groups in total. The Hall–Kier alpha value is -2.19. The van der Waals surface area contributed by atoms with Crippen LogP contribution in [-0.4, -0.2) is 23.2 Å². The molecule has 6 nitrogen and oxygen atoms in total. The maximum absolute atomic E-state index is 12.6. The highest BCUT2D eigenvalue weighted by molar-refractivity contribution is 9.10. The summed E-state index contributed by atoms with van der Waals surface area (Å²) in [5, 5.41) is 8.45. The molecule has 1 aromatic heterocycles. The summed E-state index contributed by atoms with van der Waals surface area (Å²) in [6, 6.07) is 13.8. The lowest BCUT2D eigenvalue weighted by Crippen LogP contribution is -2.13. The average molecular weight is 419 g/mol. The number of rotatable bonds is 4. The van der Waals surface area contributed by atoms with Gasteiger partial charge in [-0.3, -0.25) is 4.72 Å². The molecule has 0 aliphatic carbocycles. The van der Waals surface area contributed by atoms with E-state index in [1.165, 1.54) is 0 Å². The molecule has 2 aromatic carbocycles. The van der Waals surface area contributed by atoms with Gasteiger partial charge in [-0.2, -0.15) is 0 Å². The molecule has 0 atom stereocenters. The van der Waals surface area contributed by atoms with Crippen molar-refractivity contribution >= 4 is 31.6 Å². The highest BCUT2D eigenvalue weighted by atomic mass is 79.9. The van der Waals surface area contributed by atoms with E-state index in [2.05, 4.69) is 35.4 Å². The molecule has 8 heteroatoms. The van der Waals surface area contributed by atoms with Crippen LogP contribution in [-0.2, 0) is 23.0 Å². The Balaban J connectivity index is 1.66. The largest absolute Gasteiger partial charge is 0.311 e. The molecule has 0 amide bonds. The number of benzene rings is 2. The number of nitrogens with zero attached hydrogens (tertiary/aromatic N) is 3. The summed E-state index contributed by atoms with van der Waals surface area (Å²) in [4.78, 5) is 0.204. The smallest absolute Gasteiger partial charge is 0.261 e. The number of hydrogen-bond acceptors (Lipinski definition) is 4. The predicted molar refractivity (Wildman–Crippen MR) is 98.7 cm³/mol. The van der Waals surface area contributed by atoms with Gasteiger partial charge in [-0.1, -0.05) is 34.1 Å². The highest BCUT2D eigenvalue weighted by Crippen LogP contribution is 2.26. The minimum Gasteiger partial charge on any atom is -0.311 e. The number of hydrogen-bond donors (Lipinski definition) is 1. The predicted octanol–water partition coefficient (Wildman–Crippen LogP) is 3.45. The highest BCUT2D eigenvalue weighted by Gasteiger charge is 2.19. The van der Waals surface area contributed by atoms with E-state index < -0.39 is 10.0 Å². The van der Waals surface area contributed by atoms with E-state index in [9.17, 15) is 8.42 Å². The fourth-order valence-corrected chi connectivity index (χ4v) is 4.58. The summed E-state index contributed by atoms with van der Waals surface area (Å²) in [5.74, 6) is 1.76. The SMILES string of the molecule is O=S(=O)(Nc1cccc(-c2nnc3n2CCC3)c1)c1cccc(Br)c1. The van der Waals surface area contributed by atoms with Gasteiger partial charge in [0.2, 0.25) is 0 Å². The Morgan fingerprint density at radius 2 is 1.92 bits per heavy atom. The molecule has 0 spiro atoms. The third kappa shape index (κ3) is 3.19. The fraction of sp³-hybridized carbons (Fsp3) is 0.176. The van der Waals surface area contributed by atoms with Gasteiger partial charge in [0.05, 0.1) is 4.90 Å². The number of fused-ring (bicyclic) bond motifs is 1. The summed E-state index contributed by atoms with van der Waals surface area (Å²) < 4.78 is 30.6. The molecule has 1 aliphatic rings. The maximum atomic E-state index is 12.6. The Kier molecular flexibility index (Phi) is 4.09. The van der Waals surface area contributed by atoms with Crippen LogP contribution in [0.3, 0.4) is 0 Å². The Morgan fingerprint density at radius 3 is 2.76 bits per heavy atom. The topological polar surface area (TPSA) is 76.9 Å². The molecule has 0 saturated carbocycles. The van der Waals surface area contributed by atoms with E-state index in [0.29, 0.717) is 10.2 Å². The summed E-state index contributed by atoms with van der Waals surface area (Å²) in [6.45, 7) is 0.895. The van der Waals surface area contributed by atoms with Crippen LogP contribution in [0.5, 0.6) is 0 Å². The van der Waals surface area contributed by atoms with Crippen molar-refractivity contribution in [3.63, 3.8) is 0 Å². The van der Waals surface area contributed by atoms with Crippen LogP contribution in [0.25, 0.3) is 11.4 Å². The number of anilines is 1.